The maximum Gasteiger partial charge on any atom is 0.239 e. The zero-order valence-corrected chi connectivity index (χ0v) is 15.3. The molecular formula is C17H28ClN3O3. The Balaban J connectivity index is 0.00000529. The molecule has 0 aliphatic heterocycles. The Morgan fingerprint density at radius 3 is 2.38 bits per heavy atom. The third-order valence-corrected chi connectivity index (χ3v) is 3.50. The van der Waals surface area contributed by atoms with Gasteiger partial charge in [0.2, 0.25) is 11.8 Å². The van der Waals surface area contributed by atoms with E-state index in [1.54, 1.807) is 0 Å². The Hall–Kier alpha value is -1.63. The first-order valence-electron chi connectivity index (χ1n) is 7.90. The van der Waals surface area contributed by atoms with Crippen LogP contribution in [0.2, 0.25) is 0 Å². The molecule has 1 rings (SSSR count). The molecule has 1 aromatic carbocycles. The lowest BCUT2D eigenvalue weighted by molar-refractivity contribution is -0.127. The summed E-state index contributed by atoms with van der Waals surface area (Å²) in [5.41, 5.74) is 7.76. The Morgan fingerprint density at radius 2 is 1.79 bits per heavy atom. The van der Waals surface area contributed by atoms with Crippen molar-refractivity contribution in [2.75, 3.05) is 13.2 Å². The fourth-order valence-corrected chi connectivity index (χ4v) is 1.93. The summed E-state index contributed by atoms with van der Waals surface area (Å²) in [5, 5.41) is 5.34. The minimum Gasteiger partial charge on any atom is -0.377 e. The zero-order chi connectivity index (χ0) is 17.2. The molecular weight excluding hydrogens is 330 g/mol. The molecule has 0 saturated heterocycles. The van der Waals surface area contributed by atoms with E-state index in [0.717, 1.165) is 11.1 Å². The normalized spacial score (nSPS) is 11.5. The van der Waals surface area contributed by atoms with Crippen LogP contribution in [0.3, 0.4) is 0 Å². The van der Waals surface area contributed by atoms with Gasteiger partial charge >= 0.3 is 0 Å². The molecule has 7 heteroatoms. The molecule has 0 unspecified atom stereocenters. The number of hydrogen-bond donors (Lipinski definition) is 3. The summed E-state index contributed by atoms with van der Waals surface area (Å²) in [6.45, 7) is 7.14. The van der Waals surface area contributed by atoms with Crippen LogP contribution in [0, 0.1) is 5.92 Å². The number of hydrogen-bond acceptors (Lipinski definition) is 4. The van der Waals surface area contributed by atoms with Crippen molar-refractivity contribution in [2.24, 2.45) is 11.7 Å². The van der Waals surface area contributed by atoms with Gasteiger partial charge in [-0.2, -0.15) is 0 Å². The molecule has 0 aliphatic rings. The number of rotatable bonds is 9. The lowest BCUT2D eigenvalue weighted by Crippen LogP contribution is -2.47. The third kappa shape index (κ3) is 7.77. The van der Waals surface area contributed by atoms with Crippen molar-refractivity contribution in [2.45, 2.75) is 40.0 Å². The van der Waals surface area contributed by atoms with Crippen molar-refractivity contribution in [1.29, 1.82) is 0 Å². The van der Waals surface area contributed by atoms with E-state index >= 15 is 0 Å². The smallest absolute Gasteiger partial charge is 0.239 e. The van der Waals surface area contributed by atoms with E-state index in [4.69, 9.17) is 10.5 Å². The molecule has 0 spiro atoms. The molecule has 6 nitrogen and oxygen atoms in total. The predicted octanol–water partition coefficient (Wildman–Crippen LogP) is 1.36. The third-order valence-electron chi connectivity index (χ3n) is 3.50. The Morgan fingerprint density at radius 1 is 1.17 bits per heavy atom. The van der Waals surface area contributed by atoms with Crippen molar-refractivity contribution >= 4 is 24.2 Å². The molecule has 1 atom stereocenters. The molecule has 1 aromatic rings. The van der Waals surface area contributed by atoms with Crippen LogP contribution in [0.5, 0.6) is 0 Å². The van der Waals surface area contributed by atoms with Gasteiger partial charge in [0.15, 0.2) is 0 Å². The Kier molecular flexibility index (Phi) is 11.0. The summed E-state index contributed by atoms with van der Waals surface area (Å²) in [7, 11) is 0. The lowest BCUT2D eigenvalue weighted by atomic mass is 10.1. The Labute approximate surface area is 149 Å². The second-order valence-corrected chi connectivity index (χ2v) is 5.67. The first-order chi connectivity index (χ1) is 11.0. The number of nitrogens with two attached hydrogens (primary N) is 1. The molecule has 24 heavy (non-hydrogen) atoms. The summed E-state index contributed by atoms with van der Waals surface area (Å²) in [5.74, 6) is -0.532. The van der Waals surface area contributed by atoms with Crippen LogP contribution in [0.4, 0.5) is 0 Å². The summed E-state index contributed by atoms with van der Waals surface area (Å²) in [6.07, 6.45) is 0. The number of halogens is 1. The standard InChI is InChI=1S/C17H27N3O3.ClH/c1-4-23-11-14-8-6-5-7-13(14)9-19-15(21)10-20-17(22)16(18)12(2)3;/h5-8,12,16H,4,9-11,18H2,1-3H3,(H,19,21)(H,20,22);1H/t16-;/m0./s1. The number of benzene rings is 1. The first-order valence-corrected chi connectivity index (χ1v) is 7.90. The summed E-state index contributed by atoms with van der Waals surface area (Å²) < 4.78 is 5.41. The summed E-state index contributed by atoms with van der Waals surface area (Å²) in [4.78, 5) is 23.5. The molecule has 0 saturated carbocycles. The molecule has 2 amide bonds. The van der Waals surface area contributed by atoms with Crippen LogP contribution in [-0.4, -0.2) is 31.0 Å². The number of amides is 2. The molecule has 0 heterocycles. The molecule has 0 radical (unpaired) electrons. The van der Waals surface area contributed by atoms with Gasteiger partial charge < -0.3 is 21.1 Å². The second-order valence-electron chi connectivity index (χ2n) is 5.67. The van der Waals surface area contributed by atoms with Gasteiger partial charge in [-0.15, -0.1) is 12.4 Å². The number of carbonyl (C=O) groups excluding carboxylic acids is 2. The van der Waals surface area contributed by atoms with Crippen molar-refractivity contribution in [3.05, 3.63) is 35.4 Å². The monoisotopic (exact) mass is 357 g/mol. The quantitative estimate of drug-likeness (QED) is 0.622. The van der Waals surface area contributed by atoms with Gasteiger partial charge in [-0.3, -0.25) is 9.59 Å². The molecule has 0 aromatic heterocycles. The predicted molar refractivity (Wildman–Crippen MR) is 96.7 cm³/mol. The average Bonchev–Trinajstić information content (AvgIpc) is 2.55. The van der Waals surface area contributed by atoms with Gasteiger partial charge in [0.05, 0.1) is 19.2 Å². The summed E-state index contributed by atoms with van der Waals surface area (Å²) in [6, 6.07) is 7.17. The zero-order valence-electron chi connectivity index (χ0n) is 14.5. The van der Waals surface area contributed by atoms with Crippen LogP contribution >= 0.6 is 12.4 Å². The fourth-order valence-electron chi connectivity index (χ4n) is 1.93. The van der Waals surface area contributed by atoms with E-state index in [-0.39, 0.29) is 36.7 Å². The molecule has 0 fully saturated rings. The van der Waals surface area contributed by atoms with Gasteiger partial charge in [-0.1, -0.05) is 38.1 Å². The van der Waals surface area contributed by atoms with Gasteiger partial charge in [-0.05, 0) is 24.0 Å². The van der Waals surface area contributed by atoms with Crippen molar-refractivity contribution in [3.8, 4) is 0 Å². The van der Waals surface area contributed by atoms with E-state index < -0.39 is 6.04 Å². The maximum atomic E-state index is 11.8. The van der Waals surface area contributed by atoms with E-state index in [9.17, 15) is 9.59 Å². The van der Waals surface area contributed by atoms with E-state index in [1.165, 1.54) is 0 Å². The van der Waals surface area contributed by atoms with Crippen LogP contribution in [0.25, 0.3) is 0 Å². The fraction of sp³-hybridized carbons (Fsp3) is 0.529. The van der Waals surface area contributed by atoms with E-state index in [0.29, 0.717) is 19.8 Å². The largest absolute Gasteiger partial charge is 0.377 e. The molecule has 4 N–H and O–H groups in total. The maximum absolute atomic E-state index is 11.8. The SMILES string of the molecule is CCOCc1ccccc1CNC(=O)CNC(=O)[C@@H](N)C(C)C.Cl. The molecule has 136 valence electrons. The minimum absolute atomic E-state index is 0. The van der Waals surface area contributed by atoms with Crippen LogP contribution in [0.15, 0.2) is 24.3 Å². The van der Waals surface area contributed by atoms with Crippen LogP contribution in [-0.2, 0) is 27.5 Å². The van der Waals surface area contributed by atoms with Crippen LogP contribution in [0.1, 0.15) is 31.9 Å². The topological polar surface area (TPSA) is 93.5 Å². The van der Waals surface area contributed by atoms with Crippen LogP contribution < -0.4 is 16.4 Å². The van der Waals surface area contributed by atoms with Gasteiger partial charge in [0, 0.05) is 13.2 Å². The highest BCUT2D eigenvalue weighted by Crippen LogP contribution is 2.09. The van der Waals surface area contributed by atoms with Gasteiger partial charge in [0.25, 0.3) is 0 Å². The highest BCUT2D eigenvalue weighted by Gasteiger charge is 2.17. The first kappa shape index (κ1) is 22.4. The number of ether oxygens (including phenoxy) is 1. The molecule has 0 aliphatic carbocycles. The minimum atomic E-state index is -0.602. The van der Waals surface area contributed by atoms with Gasteiger partial charge in [-0.25, -0.2) is 0 Å². The van der Waals surface area contributed by atoms with Crippen molar-refractivity contribution in [3.63, 3.8) is 0 Å². The highest BCUT2D eigenvalue weighted by atomic mass is 35.5. The van der Waals surface area contributed by atoms with E-state index in [1.807, 2.05) is 45.0 Å². The highest BCUT2D eigenvalue weighted by molar-refractivity contribution is 5.87. The average molecular weight is 358 g/mol. The second kappa shape index (κ2) is 11.8. The lowest BCUT2D eigenvalue weighted by Gasteiger charge is -2.15. The van der Waals surface area contributed by atoms with E-state index in [2.05, 4.69) is 10.6 Å². The Bertz CT molecular complexity index is 524. The number of nitrogens with one attached hydrogen (secondary N) is 2. The van der Waals surface area contributed by atoms with Crippen molar-refractivity contribution in [1.82, 2.24) is 10.6 Å². The van der Waals surface area contributed by atoms with Gasteiger partial charge in [0.1, 0.15) is 0 Å². The summed E-state index contributed by atoms with van der Waals surface area (Å²) >= 11 is 0. The van der Waals surface area contributed by atoms with Crippen molar-refractivity contribution < 1.29 is 14.3 Å². The number of carbonyl (C=O) groups is 2. The molecule has 0 bridgehead atoms.